The Kier molecular flexibility index (Phi) is 3.59. The number of hydrogen-bond donors (Lipinski definition) is 1. The Morgan fingerprint density at radius 3 is 2.68 bits per heavy atom. The zero-order valence-electron chi connectivity index (χ0n) is 11.4. The zero-order chi connectivity index (χ0) is 15.9. The predicted molar refractivity (Wildman–Crippen MR) is 73.8 cm³/mol. The molecule has 0 radical (unpaired) electrons. The molecular weight excluding hydrogens is 317 g/mol. The number of nitrogens with one attached hydrogen (secondary N) is 1. The molecule has 0 aliphatic heterocycles. The molecule has 0 unspecified atom stereocenters. The molecule has 5 nitrogen and oxygen atoms in total. The van der Waals surface area contributed by atoms with Gasteiger partial charge in [-0.1, -0.05) is 0 Å². The molecular formula is C13H11F3N4OS. The second-order valence-electron chi connectivity index (χ2n) is 4.99. The molecule has 116 valence electrons. The second kappa shape index (κ2) is 5.31. The van der Waals surface area contributed by atoms with Gasteiger partial charge in [0.1, 0.15) is 17.2 Å². The molecule has 1 N–H and O–H groups in total. The number of rotatable bonds is 3. The summed E-state index contributed by atoms with van der Waals surface area (Å²) in [6.07, 6.45) is -2.46. The fraction of sp³-hybridized carbons (Fsp3) is 0.385. The number of carbonyl (C=O) groups is 1. The zero-order valence-corrected chi connectivity index (χ0v) is 12.3. The number of alkyl halides is 3. The summed E-state index contributed by atoms with van der Waals surface area (Å²) in [6, 6.07) is 0.637. The number of anilines is 1. The first-order valence-electron chi connectivity index (χ1n) is 6.52. The highest BCUT2D eigenvalue weighted by molar-refractivity contribution is 7.14. The molecule has 1 aliphatic rings. The Bertz CT molecular complexity index is 724. The summed E-state index contributed by atoms with van der Waals surface area (Å²) in [5.41, 5.74) is -0.555. The normalized spacial score (nSPS) is 14.9. The average molecular weight is 328 g/mol. The first-order chi connectivity index (χ1) is 10.3. The van der Waals surface area contributed by atoms with Crippen molar-refractivity contribution in [1.82, 2.24) is 15.0 Å². The van der Waals surface area contributed by atoms with Gasteiger partial charge in [0.15, 0.2) is 5.13 Å². The van der Waals surface area contributed by atoms with Gasteiger partial charge in [0.05, 0.1) is 5.69 Å². The first kappa shape index (κ1) is 14.9. The SMILES string of the molecule is Cc1nc(C(=O)Nc2nc(C3CC3)cs2)cc(C(F)(F)F)n1. The van der Waals surface area contributed by atoms with Crippen molar-refractivity contribution in [2.45, 2.75) is 31.9 Å². The van der Waals surface area contributed by atoms with Gasteiger partial charge in [0.2, 0.25) is 0 Å². The smallest absolute Gasteiger partial charge is 0.296 e. The van der Waals surface area contributed by atoms with Crippen LogP contribution in [0, 0.1) is 6.92 Å². The Balaban J connectivity index is 1.80. The quantitative estimate of drug-likeness (QED) is 0.938. The van der Waals surface area contributed by atoms with E-state index in [1.54, 1.807) is 0 Å². The van der Waals surface area contributed by atoms with Crippen LogP contribution in [0.2, 0.25) is 0 Å². The summed E-state index contributed by atoms with van der Waals surface area (Å²) in [4.78, 5) is 23.3. The minimum absolute atomic E-state index is 0.113. The van der Waals surface area contributed by atoms with Gasteiger partial charge in [0.25, 0.3) is 5.91 Å². The molecule has 2 aromatic rings. The summed E-state index contributed by atoms with van der Waals surface area (Å²) in [6.45, 7) is 1.31. The molecule has 2 aromatic heterocycles. The lowest BCUT2D eigenvalue weighted by atomic mass is 10.3. The number of nitrogens with zero attached hydrogens (tertiary/aromatic N) is 3. The van der Waals surface area contributed by atoms with E-state index in [4.69, 9.17) is 0 Å². The van der Waals surface area contributed by atoms with Crippen molar-refractivity contribution in [3.05, 3.63) is 34.4 Å². The first-order valence-corrected chi connectivity index (χ1v) is 7.40. The summed E-state index contributed by atoms with van der Waals surface area (Å²) in [7, 11) is 0. The molecule has 1 saturated carbocycles. The van der Waals surface area contributed by atoms with Crippen molar-refractivity contribution < 1.29 is 18.0 Å². The minimum Gasteiger partial charge on any atom is -0.296 e. The molecule has 1 fully saturated rings. The van der Waals surface area contributed by atoms with Gasteiger partial charge in [-0.05, 0) is 19.8 Å². The van der Waals surface area contributed by atoms with E-state index >= 15 is 0 Å². The Morgan fingerprint density at radius 1 is 1.32 bits per heavy atom. The summed E-state index contributed by atoms with van der Waals surface area (Å²) in [5, 5.41) is 4.68. The van der Waals surface area contributed by atoms with Crippen molar-refractivity contribution in [3.8, 4) is 0 Å². The van der Waals surface area contributed by atoms with Crippen LogP contribution in [-0.2, 0) is 6.18 Å². The highest BCUT2D eigenvalue weighted by Crippen LogP contribution is 2.40. The third-order valence-corrected chi connectivity index (χ3v) is 3.88. The van der Waals surface area contributed by atoms with Crippen molar-refractivity contribution in [3.63, 3.8) is 0 Å². The van der Waals surface area contributed by atoms with Gasteiger partial charge in [-0.15, -0.1) is 11.3 Å². The van der Waals surface area contributed by atoms with Crippen molar-refractivity contribution in [2.24, 2.45) is 0 Å². The van der Waals surface area contributed by atoms with Crippen LogP contribution >= 0.6 is 11.3 Å². The van der Waals surface area contributed by atoms with E-state index in [1.165, 1.54) is 18.3 Å². The Morgan fingerprint density at radius 2 is 2.05 bits per heavy atom. The van der Waals surface area contributed by atoms with E-state index < -0.39 is 17.8 Å². The third kappa shape index (κ3) is 3.24. The molecule has 0 saturated heterocycles. The number of aryl methyl sites for hydroxylation is 1. The molecule has 0 spiro atoms. The number of amides is 1. The van der Waals surface area contributed by atoms with Crippen LogP contribution in [0.3, 0.4) is 0 Å². The molecule has 1 amide bonds. The van der Waals surface area contributed by atoms with Crippen molar-refractivity contribution in [2.75, 3.05) is 5.32 Å². The summed E-state index contributed by atoms with van der Waals surface area (Å²) in [5.74, 6) is -0.398. The third-order valence-electron chi connectivity index (χ3n) is 3.10. The van der Waals surface area contributed by atoms with E-state index in [1.807, 2.05) is 5.38 Å². The van der Waals surface area contributed by atoms with Crippen molar-refractivity contribution in [1.29, 1.82) is 0 Å². The summed E-state index contributed by atoms with van der Waals surface area (Å²) >= 11 is 1.25. The van der Waals surface area contributed by atoms with Gasteiger partial charge < -0.3 is 0 Å². The fourth-order valence-corrected chi connectivity index (χ4v) is 2.69. The van der Waals surface area contributed by atoms with Crippen LogP contribution in [0.15, 0.2) is 11.4 Å². The lowest BCUT2D eigenvalue weighted by Gasteiger charge is -2.08. The predicted octanol–water partition coefficient (Wildman–Crippen LogP) is 3.39. The Hall–Kier alpha value is -2.03. The van der Waals surface area contributed by atoms with E-state index in [0.717, 1.165) is 18.5 Å². The van der Waals surface area contributed by atoms with Gasteiger partial charge in [-0.3, -0.25) is 10.1 Å². The van der Waals surface area contributed by atoms with Gasteiger partial charge in [-0.2, -0.15) is 13.2 Å². The number of thiazole rings is 1. The number of carbonyl (C=O) groups excluding carboxylic acids is 1. The van der Waals surface area contributed by atoms with Crippen LogP contribution in [-0.4, -0.2) is 20.9 Å². The summed E-state index contributed by atoms with van der Waals surface area (Å²) < 4.78 is 38.1. The molecule has 2 heterocycles. The van der Waals surface area contributed by atoms with Gasteiger partial charge >= 0.3 is 6.18 Å². The van der Waals surface area contributed by atoms with E-state index in [2.05, 4.69) is 20.3 Å². The van der Waals surface area contributed by atoms with Gasteiger partial charge in [0, 0.05) is 17.4 Å². The molecule has 1 aliphatic carbocycles. The Labute approximate surface area is 127 Å². The van der Waals surface area contributed by atoms with Crippen LogP contribution in [0.25, 0.3) is 0 Å². The lowest BCUT2D eigenvalue weighted by molar-refractivity contribution is -0.141. The van der Waals surface area contributed by atoms with E-state index in [0.29, 0.717) is 17.1 Å². The molecule has 9 heteroatoms. The second-order valence-corrected chi connectivity index (χ2v) is 5.85. The van der Waals surface area contributed by atoms with Crippen LogP contribution in [0.1, 0.15) is 46.5 Å². The largest absolute Gasteiger partial charge is 0.433 e. The molecule has 0 atom stereocenters. The van der Waals surface area contributed by atoms with E-state index in [9.17, 15) is 18.0 Å². The van der Waals surface area contributed by atoms with Crippen LogP contribution in [0.4, 0.5) is 18.3 Å². The fourth-order valence-electron chi connectivity index (χ4n) is 1.90. The highest BCUT2D eigenvalue weighted by atomic mass is 32.1. The molecule has 3 rings (SSSR count). The number of aromatic nitrogens is 3. The van der Waals surface area contributed by atoms with Crippen molar-refractivity contribution >= 4 is 22.4 Å². The van der Waals surface area contributed by atoms with Gasteiger partial charge in [-0.25, -0.2) is 15.0 Å². The topological polar surface area (TPSA) is 67.8 Å². The molecule has 22 heavy (non-hydrogen) atoms. The molecule has 0 aromatic carbocycles. The average Bonchev–Trinajstić information content (AvgIpc) is 3.18. The molecule has 0 bridgehead atoms. The number of halogens is 3. The minimum atomic E-state index is -4.62. The highest BCUT2D eigenvalue weighted by Gasteiger charge is 2.34. The maximum atomic E-state index is 12.7. The van der Waals surface area contributed by atoms with Crippen LogP contribution in [0.5, 0.6) is 0 Å². The maximum absolute atomic E-state index is 12.7. The number of hydrogen-bond acceptors (Lipinski definition) is 5. The van der Waals surface area contributed by atoms with Crippen LogP contribution < -0.4 is 5.32 Å². The lowest BCUT2D eigenvalue weighted by Crippen LogP contribution is -2.18. The standard InChI is InChI=1S/C13H11F3N4OS/c1-6-17-8(4-10(18-6)13(14,15)16)11(21)20-12-19-9(5-22-12)7-2-3-7/h4-5,7H,2-3H2,1H3,(H,19,20,21). The van der Waals surface area contributed by atoms with E-state index in [-0.39, 0.29) is 11.5 Å². The monoisotopic (exact) mass is 328 g/mol. The maximum Gasteiger partial charge on any atom is 0.433 e.